The molecule has 43 heavy (non-hydrogen) atoms. The first-order chi connectivity index (χ1) is 20.5. The molecule has 4 atom stereocenters. The van der Waals surface area contributed by atoms with Crippen molar-refractivity contribution in [3.05, 3.63) is 62.4 Å². The molecule has 7 rings (SSSR count). The quantitative estimate of drug-likeness (QED) is 0.204. The molecule has 1 saturated heterocycles. The molecule has 1 aromatic heterocycles. The number of guanidine groups is 1. The minimum absolute atomic E-state index is 0.168. The van der Waals surface area contributed by atoms with Gasteiger partial charge in [-0.3, -0.25) is 14.2 Å². The number of β-amino-alcohol motifs (C(OH)–C–C–N with tert-alkyl or cyclic N) is 1. The third-order valence-electron chi connectivity index (χ3n) is 10.1. The Morgan fingerprint density at radius 3 is 2.63 bits per heavy atom. The number of benzene rings is 2. The van der Waals surface area contributed by atoms with Crippen LogP contribution in [0.4, 0.5) is 11.6 Å². The Morgan fingerprint density at radius 1 is 1.21 bits per heavy atom. The van der Waals surface area contributed by atoms with E-state index in [1.165, 1.54) is 18.6 Å². The lowest BCUT2D eigenvalue weighted by molar-refractivity contribution is -0.108. The first kappa shape index (κ1) is 30.2. The van der Waals surface area contributed by atoms with E-state index in [2.05, 4.69) is 31.0 Å². The van der Waals surface area contributed by atoms with E-state index in [1.54, 1.807) is 29.8 Å². The van der Waals surface area contributed by atoms with Crippen molar-refractivity contribution in [1.82, 2.24) is 14.5 Å². The van der Waals surface area contributed by atoms with E-state index in [0.717, 1.165) is 23.6 Å². The number of likely N-dealkylation sites (tertiary alicyclic amines) is 1. The number of nitrogens with zero attached hydrogens (tertiary/aromatic N) is 5. The van der Waals surface area contributed by atoms with Crippen molar-refractivity contribution in [3.8, 4) is 0 Å². The second-order valence-electron chi connectivity index (χ2n) is 12.9. The van der Waals surface area contributed by atoms with Gasteiger partial charge in [0.05, 0.1) is 30.2 Å². The van der Waals surface area contributed by atoms with Crippen LogP contribution in [0.5, 0.6) is 0 Å². The van der Waals surface area contributed by atoms with E-state index < -0.39 is 0 Å². The monoisotopic (exact) mass is 626 g/mol. The summed E-state index contributed by atoms with van der Waals surface area (Å²) in [4.78, 5) is 31.4. The number of hydrogen-bond acceptors (Lipinski definition) is 6. The number of halogens is 2. The summed E-state index contributed by atoms with van der Waals surface area (Å²) in [6.45, 7) is 8.57. The largest absolute Gasteiger partial charge is 0.389 e. The van der Waals surface area contributed by atoms with Crippen LogP contribution in [0.15, 0.2) is 46.2 Å². The summed E-state index contributed by atoms with van der Waals surface area (Å²) in [5.74, 6) is 3.03. The Bertz CT molecular complexity index is 1620. The van der Waals surface area contributed by atoms with Gasteiger partial charge in [-0.1, -0.05) is 50.0 Å². The maximum absolute atomic E-state index is 13.8. The topological polar surface area (TPSA) is 95.2 Å². The van der Waals surface area contributed by atoms with Crippen molar-refractivity contribution in [3.63, 3.8) is 0 Å². The lowest BCUT2D eigenvalue weighted by Crippen LogP contribution is -2.58. The molecule has 2 heterocycles. The van der Waals surface area contributed by atoms with Gasteiger partial charge in [-0.2, -0.15) is 0 Å². The SMILES string of the molecule is CON(C)c1nc2cc(NC(=NC3C[C@@H]4C[C@H]([C@@H]3C)C4(C)C)N3CC(O)C3)ccc2c(=O)n1CCc1ccc(Cl)cc1Cl. The van der Waals surface area contributed by atoms with E-state index in [-0.39, 0.29) is 17.7 Å². The molecule has 1 unspecified atom stereocenters. The van der Waals surface area contributed by atoms with Crippen molar-refractivity contribution < 1.29 is 9.94 Å². The van der Waals surface area contributed by atoms with Crippen LogP contribution in [0.1, 0.15) is 39.2 Å². The molecular weight excluding hydrogens is 587 g/mol. The highest BCUT2D eigenvalue weighted by molar-refractivity contribution is 6.35. The molecule has 3 aromatic rings. The summed E-state index contributed by atoms with van der Waals surface area (Å²) in [7, 11) is 3.26. The molecule has 11 heteroatoms. The number of aliphatic imine (C=N–C) groups is 1. The first-order valence-electron chi connectivity index (χ1n) is 15.0. The van der Waals surface area contributed by atoms with Gasteiger partial charge in [0.15, 0.2) is 5.96 Å². The molecule has 3 aliphatic carbocycles. The minimum atomic E-state index is -0.352. The summed E-state index contributed by atoms with van der Waals surface area (Å²) >= 11 is 12.5. The fraction of sp³-hybridized carbons (Fsp3) is 0.531. The highest BCUT2D eigenvalue weighted by atomic mass is 35.5. The third-order valence-corrected chi connectivity index (χ3v) is 10.7. The number of anilines is 2. The molecule has 2 bridgehead atoms. The van der Waals surface area contributed by atoms with Crippen LogP contribution in [-0.4, -0.2) is 64.9 Å². The molecule has 0 amide bonds. The zero-order valence-electron chi connectivity index (χ0n) is 25.3. The molecule has 4 fully saturated rings. The highest BCUT2D eigenvalue weighted by Gasteiger charge is 2.56. The van der Waals surface area contributed by atoms with Gasteiger partial charge in [0.2, 0.25) is 5.95 Å². The Labute approximate surface area is 262 Å². The van der Waals surface area contributed by atoms with Gasteiger partial charge >= 0.3 is 0 Å². The van der Waals surface area contributed by atoms with Crippen molar-refractivity contribution in [1.29, 1.82) is 0 Å². The second-order valence-corrected chi connectivity index (χ2v) is 13.8. The fourth-order valence-electron chi connectivity index (χ4n) is 7.17. The van der Waals surface area contributed by atoms with E-state index in [0.29, 0.717) is 76.1 Å². The molecule has 3 saturated carbocycles. The van der Waals surface area contributed by atoms with Crippen molar-refractivity contribution in [2.75, 3.05) is 37.6 Å². The summed E-state index contributed by atoms with van der Waals surface area (Å²) in [5.41, 5.74) is 2.44. The molecule has 9 nitrogen and oxygen atoms in total. The summed E-state index contributed by atoms with van der Waals surface area (Å²) in [6, 6.07) is 11.2. The molecule has 2 N–H and O–H groups in total. The Morgan fingerprint density at radius 2 is 1.98 bits per heavy atom. The van der Waals surface area contributed by atoms with Crippen LogP contribution in [0.3, 0.4) is 0 Å². The number of hydrogen-bond donors (Lipinski definition) is 2. The predicted molar refractivity (Wildman–Crippen MR) is 173 cm³/mol. The lowest BCUT2D eigenvalue weighted by atomic mass is 9.45. The standard InChI is InChI=1S/C32H40Cl2N6O3/c1-18-25-12-20(32(25,2)3)13-27(18)36-30(39-16-23(41)17-39)35-22-8-9-24-28(15-22)37-31(38(4)43-5)40(29(24)42)11-10-19-6-7-21(33)14-26(19)34/h6-9,14-15,18,20,23,25,27,41H,10-13,16-17H2,1-5H3,(H,35,36)/t18-,20-,25+,27?/m0/s1. The van der Waals surface area contributed by atoms with Gasteiger partial charge in [-0.15, -0.1) is 0 Å². The van der Waals surface area contributed by atoms with Crippen LogP contribution < -0.4 is 15.9 Å². The van der Waals surface area contributed by atoms with E-state index >= 15 is 0 Å². The van der Waals surface area contributed by atoms with Crippen molar-refractivity contribution in [2.24, 2.45) is 28.2 Å². The summed E-state index contributed by atoms with van der Waals surface area (Å²) in [6.07, 6.45) is 2.55. The lowest BCUT2D eigenvalue weighted by Gasteiger charge is -2.61. The number of aryl methyl sites for hydroxylation is 1. The van der Waals surface area contributed by atoms with Gasteiger partial charge in [0.25, 0.3) is 5.56 Å². The van der Waals surface area contributed by atoms with Gasteiger partial charge < -0.3 is 15.3 Å². The number of aromatic nitrogens is 2. The zero-order chi connectivity index (χ0) is 30.6. The highest BCUT2D eigenvalue weighted by Crippen LogP contribution is 2.61. The number of fused-ring (bicyclic) bond motifs is 3. The van der Waals surface area contributed by atoms with Gasteiger partial charge in [0, 0.05) is 42.4 Å². The molecule has 2 aromatic carbocycles. The average molecular weight is 628 g/mol. The number of aliphatic hydroxyl groups excluding tert-OH is 1. The Balaban J connectivity index is 1.30. The molecule has 0 radical (unpaired) electrons. The average Bonchev–Trinajstić information content (AvgIpc) is 2.95. The number of nitrogens with one attached hydrogen (secondary N) is 1. The normalized spacial score (nSPS) is 24.9. The number of hydroxylamine groups is 1. The minimum Gasteiger partial charge on any atom is -0.389 e. The van der Waals surface area contributed by atoms with E-state index in [9.17, 15) is 9.90 Å². The van der Waals surface area contributed by atoms with Crippen LogP contribution in [0.25, 0.3) is 10.9 Å². The maximum atomic E-state index is 13.8. The number of aliphatic hydroxyl groups is 1. The molecule has 230 valence electrons. The van der Waals surface area contributed by atoms with Gasteiger partial charge in [-0.05, 0) is 78.3 Å². The van der Waals surface area contributed by atoms with E-state index in [4.69, 9.17) is 38.0 Å². The van der Waals surface area contributed by atoms with Crippen LogP contribution >= 0.6 is 23.2 Å². The van der Waals surface area contributed by atoms with E-state index in [1.807, 2.05) is 18.2 Å². The second kappa shape index (κ2) is 11.6. The fourth-order valence-corrected chi connectivity index (χ4v) is 7.67. The summed E-state index contributed by atoms with van der Waals surface area (Å²) < 4.78 is 1.61. The molecule has 1 aliphatic heterocycles. The molecule has 0 spiro atoms. The van der Waals surface area contributed by atoms with Crippen molar-refractivity contribution in [2.45, 2.75) is 58.7 Å². The predicted octanol–water partition coefficient (Wildman–Crippen LogP) is 5.46. The van der Waals surface area contributed by atoms with Crippen LogP contribution in [-0.2, 0) is 17.8 Å². The Hall–Kier alpha value is -2.85. The summed E-state index contributed by atoms with van der Waals surface area (Å²) in [5, 5.41) is 16.7. The van der Waals surface area contributed by atoms with Crippen LogP contribution in [0.2, 0.25) is 10.0 Å². The molecular formula is C32H40Cl2N6O3. The van der Waals surface area contributed by atoms with Gasteiger partial charge in [-0.25, -0.2) is 15.0 Å². The smallest absolute Gasteiger partial charge is 0.262 e. The van der Waals surface area contributed by atoms with Gasteiger partial charge in [0.1, 0.15) is 0 Å². The molecule has 4 aliphatic rings. The maximum Gasteiger partial charge on any atom is 0.262 e. The zero-order valence-corrected chi connectivity index (χ0v) is 26.9. The number of rotatable bonds is 7. The Kier molecular flexibility index (Phi) is 8.13. The van der Waals surface area contributed by atoms with Crippen LogP contribution in [0, 0.1) is 23.2 Å². The first-order valence-corrected chi connectivity index (χ1v) is 15.8. The third kappa shape index (κ3) is 5.61. The van der Waals surface area contributed by atoms with Crippen molar-refractivity contribution >= 4 is 51.7 Å².